The summed E-state index contributed by atoms with van der Waals surface area (Å²) >= 11 is 1.74. The zero-order valence-electron chi connectivity index (χ0n) is 13.2. The van der Waals surface area contributed by atoms with Gasteiger partial charge in [-0.1, -0.05) is 22.8 Å². The van der Waals surface area contributed by atoms with Crippen molar-refractivity contribution in [2.45, 2.75) is 24.7 Å². The summed E-state index contributed by atoms with van der Waals surface area (Å²) in [6, 6.07) is 11.9. The first kappa shape index (κ1) is 16.3. The fourth-order valence-corrected chi connectivity index (χ4v) is 2.87. The second-order valence-corrected chi connectivity index (χ2v) is 6.37. The van der Waals surface area contributed by atoms with Crippen LogP contribution in [-0.4, -0.2) is 21.9 Å². The van der Waals surface area contributed by atoms with E-state index in [2.05, 4.69) is 46.7 Å². The quantitative estimate of drug-likeness (QED) is 0.513. The molecule has 0 aliphatic rings. The standard InChI is InChI=1S/C17H17N3O3S/c1-12-6-8-13(9-7-12)24-11-3-5-15(21)18-17-20-19-16(23-17)14-4-2-10-22-14/h2,4,6-10H,3,5,11H2,1H3,(H,18,20,21). The summed E-state index contributed by atoms with van der Waals surface area (Å²) in [5.41, 5.74) is 1.24. The third kappa shape index (κ3) is 4.48. The van der Waals surface area contributed by atoms with Gasteiger partial charge in [0.05, 0.1) is 6.26 Å². The minimum atomic E-state index is -0.144. The highest BCUT2D eigenvalue weighted by atomic mass is 32.2. The van der Waals surface area contributed by atoms with E-state index in [9.17, 15) is 4.79 Å². The van der Waals surface area contributed by atoms with Crippen molar-refractivity contribution in [2.24, 2.45) is 0 Å². The van der Waals surface area contributed by atoms with Crippen molar-refractivity contribution >= 4 is 23.7 Å². The molecule has 0 aliphatic carbocycles. The molecule has 1 aromatic carbocycles. The van der Waals surface area contributed by atoms with Crippen molar-refractivity contribution < 1.29 is 13.6 Å². The van der Waals surface area contributed by atoms with Gasteiger partial charge in [-0.15, -0.1) is 16.9 Å². The lowest BCUT2D eigenvalue weighted by Crippen LogP contribution is -2.11. The van der Waals surface area contributed by atoms with Crippen molar-refractivity contribution in [3.8, 4) is 11.7 Å². The summed E-state index contributed by atoms with van der Waals surface area (Å²) in [6.45, 7) is 2.06. The molecular weight excluding hydrogens is 326 g/mol. The molecule has 0 fully saturated rings. The number of hydrogen-bond acceptors (Lipinski definition) is 6. The number of hydrogen-bond donors (Lipinski definition) is 1. The van der Waals surface area contributed by atoms with Crippen LogP contribution in [-0.2, 0) is 4.79 Å². The topological polar surface area (TPSA) is 81.2 Å². The Kier molecular flexibility index (Phi) is 5.32. The van der Waals surface area contributed by atoms with Crippen LogP contribution >= 0.6 is 11.8 Å². The van der Waals surface area contributed by atoms with Crippen molar-refractivity contribution in [3.63, 3.8) is 0 Å². The molecule has 3 aromatic rings. The lowest BCUT2D eigenvalue weighted by atomic mass is 10.2. The molecule has 0 saturated carbocycles. The predicted octanol–water partition coefficient (Wildman–Crippen LogP) is 4.15. The minimum absolute atomic E-state index is 0.0811. The first-order valence-electron chi connectivity index (χ1n) is 7.57. The van der Waals surface area contributed by atoms with E-state index in [0.29, 0.717) is 12.2 Å². The molecule has 7 heteroatoms. The van der Waals surface area contributed by atoms with Crippen LogP contribution in [0.5, 0.6) is 0 Å². The molecular formula is C17H17N3O3S. The predicted molar refractivity (Wildman–Crippen MR) is 91.8 cm³/mol. The maximum atomic E-state index is 11.9. The molecule has 0 saturated heterocycles. The van der Waals surface area contributed by atoms with E-state index in [-0.39, 0.29) is 17.8 Å². The Hall–Kier alpha value is -2.54. The zero-order chi connectivity index (χ0) is 16.8. The van der Waals surface area contributed by atoms with Crippen LogP contribution in [0.1, 0.15) is 18.4 Å². The second-order valence-electron chi connectivity index (χ2n) is 5.20. The number of furan rings is 1. The van der Waals surface area contributed by atoms with Crippen LogP contribution in [0.25, 0.3) is 11.7 Å². The normalized spacial score (nSPS) is 10.7. The Bertz CT molecular complexity index is 782. The first-order chi connectivity index (χ1) is 11.7. The molecule has 0 atom stereocenters. The number of aryl methyl sites for hydroxylation is 1. The number of anilines is 1. The Morgan fingerprint density at radius 1 is 1.21 bits per heavy atom. The maximum Gasteiger partial charge on any atom is 0.322 e. The number of carbonyl (C=O) groups is 1. The molecule has 2 aromatic heterocycles. The number of amides is 1. The van der Waals surface area contributed by atoms with Crippen LogP contribution in [0.2, 0.25) is 0 Å². The maximum absolute atomic E-state index is 11.9. The second kappa shape index (κ2) is 7.83. The highest BCUT2D eigenvalue weighted by Crippen LogP contribution is 2.21. The number of thioether (sulfide) groups is 1. The summed E-state index contributed by atoms with van der Waals surface area (Å²) in [5.74, 6) is 1.44. The molecule has 2 heterocycles. The Morgan fingerprint density at radius 2 is 2.04 bits per heavy atom. The van der Waals surface area contributed by atoms with E-state index >= 15 is 0 Å². The van der Waals surface area contributed by atoms with Gasteiger partial charge in [0.15, 0.2) is 5.76 Å². The van der Waals surface area contributed by atoms with E-state index in [1.807, 2.05) is 0 Å². The van der Waals surface area contributed by atoms with Gasteiger partial charge in [-0.05, 0) is 43.4 Å². The Labute approximate surface area is 143 Å². The van der Waals surface area contributed by atoms with E-state index in [1.165, 1.54) is 16.7 Å². The SMILES string of the molecule is Cc1ccc(SCCCC(=O)Nc2nnc(-c3ccco3)o2)cc1. The zero-order valence-corrected chi connectivity index (χ0v) is 14.0. The largest absolute Gasteiger partial charge is 0.459 e. The fourth-order valence-electron chi connectivity index (χ4n) is 2.01. The molecule has 24 heavy (non-hydrogen) atoms. The first-order valence-corrected chi connectivity index (χ1v) is 8.56. The minimum Gasteiger partial charge on any atom is -0.459 e. The van der Waals surface area contributed by atoms with Gasteiger partial charge in [0.25, 0.3) is 5.89 Å². The van der Waals surface area contributed by atoms with Gasteiger partial charge in [0.1, 0.15) is 0 Å². The smallest absolute Gasteiger partial charge is 0.322 e. The lowest BCUT2D eigenvalue weighted by Gasteiger charge is -2.02. The van der Waals surface area contributed by atoms with Crippen molar-refractivity contribution in [1.29, 1.82) is 0 Å². The monoisotopic (exact) mass is 343 g/mol. The number of aromatic nitrogens is 2. The van der Waals surface area contributed by atoms with Crippen molar-refractivity contribution in [1.82, 2.24) is 10.2 Å². The van der Waals surface area contributed by atoms with Crippen LogP contribution in [0.4, 0.5) is 6.01 Å². The summed E-state index contributed by atoms with van der Waals surface area (Å²) < 4.78 is 10.5. The molecule has 3 rings (SSSR count). The van der Waals surface area contributed by atoms with Gasteiger partial charge in [0, 0.05) is 11.3 Å². The van der Waals surface area contributed by atoms with E-state index < -0.39 is 0 Å². The summed E-state index contributed by atoms with van der Waals surface area (Å²) in [7, 11) is 0. The van der Waals surface area contributed by atoms with Crippen molar-refractivity contribution in [2.75, 3.05) is 11.1 Å². The van der Waals surface area contributed by atoms with E-state index in [0.717, 1.165) is 12.2 Å². The van der Waals surface area contributed by atoms with Gasteiger partial charge in [-0.2, -0.15) is 0 Å². The molecule has 0 aliphatic heterocycles. The molecule has 1 amide bonds. The molecule has 0 bridgehead atoms. The third-order valence-electron chi connectivity index (χ3n) is 3.24. The average Bonchev–Trinajstić information content (AvgIpc) is 3.24. The van der Waals surface area contributed by atoms with Crippen LogP contribution in [0.3, 0.4) is 0 Å². The number of carbonyl (C=O) groups excluding carboxylic acids is 1. The number of nitrogens with zero attached hydrogens (tertiary/aromatic N) is 2. The average molecular weight is 343 g/mol. The van der Waals surface area contributed by atoms with Crippen LogP contribution < -0.4 is 5.32 Å². The van der Waals surface area contributed by atoms with E-state index in [1.54, 1.807) is 23.9 Å². The van der Waals surface area contributed by atoms with E-state index in [4.69, 9.17) is 8.83 Å². The summed E-state index contributed by atoms with van der Waals surface area (Å²) in [6.07, 6.45) is 2.68. The third-order valence-corrected chi connectivity index (χ3v) is 4.34. The molecule has 0 radical (unpaired) electrons. The number of benzene rings is 1. The number of rotatable bonds is 7. The van der Waals surface area contributed by atoms with Gasteiger partial charge in [0.2, 0.25) is 5.91 Å². The van der Waals surface area contributed by atoms with Gasteiger partial charge in [-0.3, -0.25) is 10.1 Å². The summed E-state index contributed by atoms with van der Waals surface area (Å²) in [4.78, 5) is 13.1. The molecule has 0 spiro atoms. The summed E-state index contributed by atoms with van der Waals surface area (Å²) in [5, 5.41) is 10.2. The Morgan fingerprint density at radius 3 is 2.79 bits per heavy atom. The van der Waals surface area contributed by atoms with Gasteiger partial charge >= 0.3 is 6.01 Å². The van der Waals surface area contributed by atoms with Crippen molar-refractivity contribution in [3.05, 3.63) is 48.2 Å². The number of nitrogens with one attached hydrogen (secondary N) is 1. The molecule has 124 valence electrons. The fraction of sp³-hybridized carbons (Fsp3) is 0.235. The van der Waals surface area contributed by atoms with Crippen LogP contribution in [0.15, 0.2) is 56.4 Å². The Balaban J connectivity index is 1.40. The highest BCUT2D eigenvalue weighted by molar-refractivity contribution is 7.99. The highest BCUT2D eigenvalue weighted by Gasteiger charge is 2.12. The van der Waals surface area contributed by atoms with Gasteiger partial charge < -0.3 is 8.83 Å². The molecule has 1 N–H and O–H groups in total. The molecule has 6 nitrogen and oxygen atoms in total. The van der Waals surface area contributed by atoms with Gasteiger partial charge in [-0.25, -0.2) is 0 Å². The molecule has 0 unspecified atom stereocenters. The van der Waals surface area contributed by atoms with Crippen LogP contribution in [0, 0.1) is 6.92 Å². The lowest BCUT2D eigenvalue weighted by molar-refractivity contribution is -0.116.